The number of carbonyl (C=O) groups is 1. The molecule has 2 nitrogen and oxygen atoms in total. The molecular formula is C7H9Br3O2. The molecule has 1 saturated carbocycles. The van der Waals surface area contributed by atoms with E-state index in [0.717, 1.165) is 0 Å². The first-order valence-electron chi connectivity index (χ1n) is 3.48. The van der Waals surface area contributed by atoms with E-state index >= 15 is 0 Å². The summed E-state index contributed by atoms with van der Waals surface area (Å²) in [5, 5.41) is 8.86. The Labute approximate surface area is 96.5 Å². The van der Waals surface area contributed by atoms with Crippen molar-refractivity contribution >= 4 is 53.8 Å². The lowest BCUT2D eigenvalue weighted by molar-refractivity contribution is -0.139. The molecule has 1 fully saturated rings. The van der Waals surface area contributed by atoms with E-state index < -0.39 is 8.11 Å². The van der Waals surface area contributed by atoms with Gasteiger partial charge >= 0.3 is 5.97 Å². The number of aliphatic carboxylic acids is 1. The minimum absolute atomic E-state index is 0.0718. The molecule has 0 aromatic heterocycles. The van der Waals surface area contributed by atoms with E-state index in [-0.39, 0.29) is 17.3 Å². The van der Waals surface area contributed by atoms with Crippen LogP contribution in [0.2, 0.25) is 0 Å². The van der Waals surface area contributed by atoms with Gasteiger partial charge in [-0.05, 0) is 5.41 Å². The van der Waals surface area contributed by atoms with Crippen molar-refractivity contribution in [1.29, 1.82) is 0 Å². The van der Waals surface area contributed by atoms with Crippen molar-refractivity contribution in [2.24, 2.45) is 17.3 Å². The lowest BCUT2D eigenvalue weighted by Crippen LogP contribution is -2.09. The zero-order chi connectivity index (χ0) is 9.73. The highest BCUT2D eigenvalue weighted by Crippen LogP contribution is 2.68. The van der Waals surface area contributed by atoms with Crippen molar-refractivity contribution in [3.05, 3.63) is 0 Å². The van der Waals surface area contributed by atoms with Crippen LogP contribution in [0.1, 0.15) is 13.8 Å². The maximum absolute atomic E-state index is 10.8. The highest BCUT2D eigenvalue weighted by molar-refractivity contribution is 9.39. The lowest BCUT2D eigenvalue weighted by atomic mass is 10.1. The van der Waals surface area contributed by atoms with Crippen molar-refractivity contribution in [2.45, 2.75) is 16.0 Å². The zero-order valence-corrected chi connectivity index (χ0v) is 11.4. The van der Waals surface area contributed by atoms with Crippen molar-refractivity contribution in [3.63, 3.8) is 0 Å². The number of carboxylic acids is 1. The zero-order valence-electron chi connectivity index (χ0n) is 6.64. The maximum Gasteiger partial charge on any atom is 0.307 e. The van der Waals surface area contributed by atoms with Gasteiger partial charge < -0.3 is 5.11 Å². The first-order chi connectivity index (χ1) is 5.19. The minimum atomic E-state index is -0.729. The highest BCUT2D eigenvalue weighted by atomic mass is 80.0. The molecule has 0 spiro atoms. The second-order valence-corrected chi connectivity index (χ2v) is 10.6. The van der Waals surface area contributed by atoms with E-state index in [1.54, 1.807) is 0 Å². The summed E-state index contributed by atoms with van der Waals surface area (Å²) in [5.74, 6) is -0.939. The summed E-state index contributed by atoms with van der Waals surface area (Å²) in [4.78, 5) is 10.8. The van der Waals surface area contributed by atoms with Gasteiger partial charge in [0.05, 0.1) is 5.92 Å². The monoisotopic (exact) mass is 362 g/mol. The van der Waals surface area contributed by atoms with E-state index in [1.807, 2.05) is 13.8 Å². The quantitative estimate of drug-likeness (QED) is 0.725. The van der Waals surface area contributed by atoms with Gasteiger partial charge in [0.25, 0.3) is 0 Å². The van der Waals surface area contributed by atoms with Gasteiger partial charge in [-0.3, -0.25) is 4.79 Å². The molecule has 1 N–H and O–H groups in total. The molecule has 0 aromatic carbocycles. The Bertz CT molecular complexity index is 219. The highest BCUT2D eigenvalue weighted by Gasteiger charge is 2.68. The molecule has 0 amide bonds. The molecule has 0 bridgehead atoms. The summed E-state index contributed by atoms with van der Waals surface area (Å²) in [6.45, 7) is 3.91. The number of halogens is 3. The summed E-state index contributed by atoms with van der Waals surface area (Å²) in [6.07, 6.45) is 0. The van der Waals surface area contributed by atoms with Gasteiger partial charge in [0.2, 0.25) is 0 Å². The van der Waals surface area contributed by atoms with Crippen molar-refractivity contribution in [1.82, 2.24) is 0 Å². The van der Waals surface area contributed by atoms with Crippen LogP contribution in [0.25, 0.3) is 0 Å². The van der Waals surface area contributed by atoms with Gasteiger partial charge in [0, 0.05) is 5.92 Å². The van der Waals surface area contributed by atoms with Gasteiger partial charge in [-0.2, -0.15) is 0 Å². The van der Waals surface area contributed by atoms with Gasteiger partial charge in [0.15, 0.2) is 0 Å². The van der Waals surface area contributed by atoms with E-state index in [0.29, 0.717) is 0 Å². The molecule has 1 aliphatic carbocycles. The second-order valence-electron chi connectivity index (χ2n) is 3.66. The van der Waals surface area contributed by atoms with Gasteiger partial charge in [-0.1, -0.05) is 61.6 Å². The normalized spacial score (nSPS) is 33.1. The number of carboxylic acid groups (broad SMARTS) is 1. The largest absolute Gasteiger partial charge is 0.481 e. The third-order valence-electron chi connectivity index (χ3n) is 2.45. The van der Waals surface area contributed by atoms with Crippen LogP contribution in [-0.2, 0) is 4.79 Å². The molecule has 2 unspecified atom stereocenters. The molecule has 5 heteroatoms. The van der Waals surface area contributed by atoms with Crippen LogP contribution in [0.5, 0.6) is 0 Å². The van der Waals surface area contributed by atoms with E-state index in [1.165, 1.54) is 0 Å². The molecule has 0 aliphatic heterocycles. The number of hydrogen-bond acceptors (Lipinski definition) is 1. The Morgan fingerprint density at radius 3 is 1.92 bits per heavy atom. The molecule has 2 atom stereocenters. The topological polar surface area (TPSA) is 37.3 Å². The molecule has 0 radical (unpaired) electrons. The molecule has 1 rings (SSSR count). The Balaban J connectivity index is 2.80. The summed E-state index contributed by atoms with van der Waals surface area (Å²) >= 11 is 10.1. The van der Waals surface area contributed by atoms with Gasteiger partial charge in [-0.25, -0.2) is 0 Å². The first kappa shape index (κ1) is 11.0. The van der Waals surface area contributed by atoms with Crippen molar-refractivity contribution in [3.8, 4) is 0 Å². The standard InChI is InChI=1S/C7H9Br3O2/c1-6(2)3(5(11)12)4(6)7(8,9)10/h3-4H,1-2H3,(H,11,12). The third-order valence-corrected chi connectivity index (χ3v) is 3.93. The smallest absolute Gasteiger partial charge is 0.307 e. The summed E-state index contributed by atoms with van der Waals surface area (Å²) in [7, 11) is 0. The third kappa shape index (κ3) is 1.73. The average Bonchev–Trinajstić information content (AvgIpc) is 2.31. The number of hydrogen-bond donors (Lipinski definition) is 1. The van der Waals surface area contributed by atoms with Crippen molar-refractivity contribution in [2.75, 3.05) is 0 Å². The van der Waals surface area contributed by atoms with Crippen molar-refractivity contribution < 1.29 is 9.90 Å². The minimum Gasteiger partial charge on any atom is -0.481 e. The molecule has 70 valence electrons. The Morgan fingerprint density at radius 1 is 1.42 bits per heavy atom. The summed E-state index contributed by atoms with van der Waals surface area (Å²) < 4.78 is -0.445. The van der Waals surface area contributed by atoms with Crippen LogP contribution in [0, 0.1) is 17.3 Å². The first-order valence-corrected chi connectivity index (χ1v) is 5.86. The maximum atomic E-state index is 10.8. The molecule has 12 heavy (non-hydrogen) atoms. The summed E-state index contributed by atoms with van der Waals surface area (Å²) in [5.41, 5.74) is -0.150. The fourth-order valence-electron chi connectivity index (χ4n) is 1.71. The number of alkyl halides is 3. The van der Waals surface area contributed by atoms with Crippen LogP contribution in [0.15, 0.2) is 0 Å². The van der Waals surface area contributed by atoms with Gasteiger partial charge in [-0.15, -0.1) is 0 Å². The van der Waals surface area contributed by atoms with E-state index in [9.17, 15) is 4.79 Å². The van der Waals surface area contributed by atoms with E-state index in [2.05, 4.69) is 47.8 Å². The van der Waals surface area contributed by atoms with Crippen LogP contribution in [0.3, 0.4) is 0 Å². The predicted octanol–water partition coefficient (Wildman–Crippen LogP) is 3.18. The molecule has 0 saturated heterocycles. The second kappa shape index (κ2) is 2.95. The van der Waals surface area contributed by atoms with Crippen LogP contribution < -0.4 is 0 Å². The Hall–Kier alpha value is 0.910. The predicted molar refractivity (Wildman–Crippen MR) is 57.9 cm³/mol. The van der Waals surface area contributed by atoms with Crippen LogP contribution in [0.4, 0.5) is 0 Å². The molecule has 1 aliphatic rings. The SMILES string of the molecule is CC1(C)C(C(=O)O)C1C(Br)(Br)Br. The van der Waals surface area contributed by atoms with Gasteiger partial charge in [0.1, 0.15) is 2.14 Å². The Kier molecular flexibility index (Phi) is 2.70. The Morgan fingerprint density at radius 2 is 1.83 bits per heavy atom. The molecule has 0 aromatic rings. The average molecular weight is 365 g/mol. The fourth-order valence-corrected chi connectivity index (χ4v) is 4.27. The van der Waals surface area contributed by atoms with E-state index in [4.69, 9.17) is 5.11 Å². The fraction of sp³-hybridized carbons (Fsp3) is 0.857. The molecule has 0 heterocycles. The van der Waals surface area contributed by atoms with Crippen LogP contribution in [-0.4, -0.2) is 13.2 Å². The van der Waals surface area contributed by atoms with Crippen LogP contribution >= 0.6 is 47.8 Å². The number of rotatable bonds is 1. The molecular weight excluding hydrogens is 356 g/mol. The lowest BCUT2D eigenvalue weighted by Gasteiger charge is -2.12. The summed E-state index contributed by atoms with van der Waals surface area (Å²) in [6, 6.07) is 0.